The summed E-state index contributed by atoms with van der Waals surface area (Å²) in [5, 5.41) is 15.5. The monoisotopic (exact) mass is 483 g/mol. The third kappa shape index (κ3) is 3.57. The molecule has 2 aliphatic rings. The molecular weight excluding hydrogens is 470 g/mol. The first-order valence-corrected chi connectivity index (χ1v) is 11.5. The first kappa shape index (κ1) is 20.8. The molecule has 30 heavy (non-hydrogen) atoms. The highest BCUT2D eigenvalue weighted by atomic mass is 32.2. The lowest BCUT2D eigenvalue weighted by atomic mass is 10.0. The van der Waals surface area contributed by atoms with Gasteiger partial charge >= 0.3 is 0 Å². The standard InChI is InChI=1S/C15H13N7O4S4/c1-26-21-7(6-3-29-15(16)18-6)10(23)19-8-12(24)22-9(14(25)27)5(2-28-13(8)22)11-20-17-4-30-11/h3-4,8,13H,2H2,1H3,(H2,16,18)(H,19,23)(H,25,27)/t8-,13-/m1/s1. The average Bonchev–Trinajstić information content (AvgIpc) is 3.40. The highest BCUT2D eigenvalue weighted by Gasteiger charge is 2.54. The fraction of sp³-hybridized carbons (Fsp3) is 0.267. The maximum atomic E-state index is 12.8. The number of nitrogen functional groups attached to an aromatic ring is 1. The molecule has 2 aromatic heterocycles. The first-order chi connectivity index (χ1) is 14.4. The number of amides is 2. The average molecular weight is 484 g/mol. The van der Waals surface area contributed by atoms with Crippen LogP contribution >= 0.6 is 47.1 Å². The summed E-state index contributed by atoms with van der Waals surface area (Å²) in [4.78, 5) is 47.8. The van der Waals surface area contributed by atoms with Crippen molar-refractivity contribution in [3.8, 4) is 0 Å². The second-order valence-corrected chi connectivity index (χ2v) is 9.16. The molecule has 0 bridgehead atoms. The van der Waals surface area contributed by atoms with E-state index in [1.807, 2.05) is 0 Å². The molecule has 2 aromatic rings. The van der Waals surface area contributed by atoms with E-state index in [0.29, 0.717) is 16.3 Å². The lowest BCUT2D eigenvalue weighted by molar-refractivity contribution is -0.145. The molecule has 15 heteroatoms. The number of β-lactam (4-membered cyclic amide) rings is 1. The van der Waals surface area contributed by atoms with Crippen molar-refractivity contribution in [1.82, 2.24) is 25.4 Å². The van der Waals surface area contributed by atoms with Gasteiger partial charge in [-0.1, -0.05) is 17.8 Å². The van der Waals surface area contributed by atoms with Crippen LogP contribution in [0.1, 0.15) is 10.7 Å². The van der Waals surface area contributed by atoms with E-state index < -0.39 is 28.3 Å². The molecule has 0 spiro atoms. The lowest BCUT2D eigenvalue weighted by Gasteiger charge is -2.49. The molecule has 2 atom stereocenters. The van der Waals surface area contributed by atoms with Crippen molar-refractivity contribution in [3.63, 3.8) is 0 Å². The van der Waals surface area contributed by atoms with Crippen LogP contribution in [0.4, 0.5) is 5.13 Å². The Kier molecular flexibility index (Phi) is 5.77. The molecular formula is C15H13N7O4S4. The van der Waals surface area contributed by atoms with Gasteiger partial charge in [-0.25, -0.2) is 4.98 Å². The number of hydrogen-bond donors (Lipinski definition) is 3. The second kappa shape index (κ2) is 8.33. The predicted octanol–water partition coefficient (Wildman–Crippen LogP) is 0.195. The van der Waals surface area contributed by atoms with E-state index in [0.717, 1.165) is 11.3 Å². The Bertz CT molecular complexity index is 1080. The summed E-state index contributed by atoms with van der Waals surface area (Å²) in [6, 6.07) is -0.848. The number of fused-ring (bicyclic) bond motifs is 1. The van der Waals surface area contributed by atoms with E-state index in [1.165, 1.54) is 35.1 Å². The summed E-state index contributed by atoms with van der Waals surface area (Å²) in [7, 11) is 1.29. The largest absolute Gasteiger partial charge is 0.398 e. The van der Waals surface area contributed by atoms with Crippen LogP contribution in [-0.2, 0) is 19.2 Å². The van der Waals surface area contributed by atoms with Gasteiger partial charge in [0, 0.05) is 16.7 Å². The number of thioether (sulfide) groups is 1. The second-order valence-electron chi connectivity index (χ2n) is 5.93. The Morgan fingerprint density at radius 2 is 2.23 bits per heavy atom. The van der Waals surface area contributed by atoms with E-state index in [-0.39, 0.29) is 22.2 Å². The smallest absolute Gasteiger partial charge is 0.276 e. The molecule has 156 valence electrons. The van der Waals surface area contributed by atoms with Crippen LogP contribution in [0.5, 0.6) is 0 Å². The summed E-state index contributed by atoms with van der Waals surface area (Å²) in [6.45, 7) is 0. The maximum Gasteiger partial charge on any atom is 0.276 e. The van der Waals surface area contributed by atoms with Crippen molar-refractivity contribution < 1.29 is 19.2 Å². The zero-order chi connectivity index (χ0) is 21.4. The van der Waals surface area contributed by atoms with Gasteiger partial charge in [-0.3, -0.25) is 19.3 Å². The molecule has 11 nitrogen and oxygen atoms in total. The zero-order valence-electron chi connectivity index (χ0n) is 15.1. The fourth-order valence-corrected chi connectivity index (χ4v) is 5.82. The normalized spacial score (nSPS) is 21.2. The third-order valence-corrected chi connectivity index (χ3v) is 7.15. The highest BCUT2D eigenvalue weighted by molar-refractivity contribution is 8.00. The number of hydrogen-bond acceptors (Lipinski definition) is 12. The van der Waals surface area contributed by atoms with Crippen molar-refractivity contribution in [2.75, 3.05) is 18.6 Å². The number of carbonyl (C=O) groups excluding carboxylic acids is 3. The molecule has 0 aliphatic carbocycles. The molecule has 4 heterocycles. The lowest BCUT2D eigenvalue weighted by Crippen LogP contribution is -2.70. The number of thiol groups is 1. The van der Waals surface area contributed by atoms with Gasteiger partial charge < -0.3 is 15.9 Å². The summed E-state index contributed by atoms with van der Waals surface area (Å²) >= 11 is 7.74. The molecule has 4 rings (SSSR count). The number of nitrogens with one attached hydrogen (secondary N) is 1. The maximum absolute atomic E-state index is 12.8. The number of rotatable bonds is 6. The van der Waals surface area contributed by atoms with Crippen LogP contribution in [0.2, 0.25) is 0 Å². The van der Waals surface area contributed by atoms with E-state index in [4.69, 9.17) is 10.6 Å². The molecule has 3 N–H and O–H groups in total. The van der Waals surface area contributed by atoms with Crippen LogP contribution < -0.4 is 11.1 Å². The van der Waals surface area contributed by atoms with E-state index in [2.05, 4.69) is 38.3 Å². The molecule has 0 unspecified atom stereocenters. The van der Waals surface area contributed by atoms with E-state index in [9.17, 15) is 14.4 Å². The Morgan fingerprint density at radius 3 is 2.83 bits per heavy atom. The molecule has 1 saturated heterocycles. The number of anilines is 1. The van der Waals surface area contributed by atoms with Gasteiger partial charge in [0.15, 0.2) is 10.8 Å². The van der Waals surface area contributed by atoms with E-state index >= 15 is 0 Å². The molecule has 1 fully saturated rings. The van der Waals surface area contributed by atoms with Crippen molar-refractivity contribution in [1.29, 1.82) is 0 Å². The summed E-state index contributed by atoms with van der Waals surface area (Å²) in [5.41, 5.74) is 8.05. The highest BCUT2D eigenvalue weighted by Crippen LogP contribution is 2.44. The van der Waals surface area contributed by atoms with Crippen LogP contribution in [0.25, 0.3) is 5.57 Å². The topological polar surface area (TPSA) is 153 Å². The number of thiazole rings is 1. The van der Waals surface area contributed by atoms with Crippen LogP contribution in [0, 0.1) is 0 Å². The summed E-state index contributed by atoms with van der Waals surface area (Å²) in [6.07, 6.45) is 0. The Morgan fingerprint density at radius 1 is 1.43 bits per heavy atom. The van der Waals surface area contributed by atoms with Gasteiger partial charge in [-0.2, -0.15) is 0 Å². The Labute approximate surface area is 187 Å². The van der Waals surface area contributed by atoms with Gasteiger partial charge in [0.2, 0.25) is 5.12 Å². The molecule has 0 saturated carbocycles. The van der Waals surface area contributed by atoms with Gasteiger partial charge in [-0.05, 0) is 0 Å². The van der Waals surface area contributed by atoms with Crippen molar-refractivity contribution in [2.45, 2.75) is 11.4 Å². The summed E-state index contributed by atoms with van der Waals surface area (Å²) in [5.74, 6) is -0.660. The predicted molar refractivity (Wildman–Crippen MR) is 116 cm³/mol. The molecule has 2 amide bonds. The number of nitrogens with two attached hydrogens (primary N) is 1. The Balaban J connectivity index is 1.56. The SMILES string of the molecule is CON=C(C(=O)N[C@@H]1C(=O)N2C(C(=O)S)=C(c3nncs3)CS[C@H]12)c1csc(N)n1. The zero-order valence-corrected chi connectivity index (χ0v) is 18.5. The van der Waals surface area contributed by atoms with Crippen LogP contribution in [0.15, 0.2) is 21.7 Å². The number of nitrogens with zero attached hydrogens (tertiary/aromatic N) is 5. The Hall–Kier alpha value is -2.49. The first-order valence-electron chi connectivity index (χ1n) is 8.23. The van der Waals surface area contributed by atoms with Crippen molar-refractivity contribution in [3.05, 3.63) is 27.3 Å². The van der Waals surface area contributed by atoms with Crippen LogP contribution in [-0.4, -0.2) is 67.0 Å². The van der Waals surface area contributed by atoms with Gasteiger partial charge in [0.1, 0.15) is 40.4 Å². The van der Waals surface area contributed by atoms with Crippen molar-refractivity contribution >= 4 is 80.4 Å². The number of aromatic nitrogens is 3. The third-order valence-electron chi connectivity index (χ3n) is 4.24. The molecule has 0 radical (unpaired) electrons. The minimum atomic E-state index is -0.848. The quantitative estimate of drug-likeness (QED) is 0.226. The fourth-order valence-electron chi connectivity index (χ4n) is 2.99. The molecule has 0 aromatic carbocycles. The number of oxime groups is 1. The van der Waals surface area contributed by atoms with Crippen molar-refractivity contribution in [2.24, 2.45) is 5.16 Å². The minimum Gasteiger partial charge on any atom is -0.398 e. The molecule has 2 aliphatic heterocycles. The van der Waals surface area contributed by atoms with E-state index in [1.54, 1.807) is 10.9 Å². The van der Waals surface area contributed by atoms with Gasteiger partial charge in [0.05, 0.1) is 0 Å². The van der Waals surface area contributed by atoms with Gasteiger partial charge in [-0.15, -0.1) is 44.6 Å². The van der Waals surface area contributed by atoms with Crippen LogP contribution in [0.3, 0.4) is 0 Å². The minimum absolute atomic E-state index is 0.104. The summed E-state index contributed by atoms with van der Waals surface area (Å²) < 4.78 is 0. The number of carbonyl (C=O) groups is 3. The van der Waals surface area contributed by atoms with Gasteiger partial charge in [0.25, 0.3) is 11.8 Å².